The number of amides is 1. The van der Waals surface area contributed by atoms with E-state index in [0.717, 1.165) is 12.1 Å². The number of hydrogen-bond donors (Lipinski definition) is 1. The van der Waals surface area contributed by atoms with Crippen LogP contribution in [-0.4, -0.2) is 40.2 Å². The number of rotatable bonds is 7. The highest BCUT2D eigenvalue weighted by Crippen LogP contribution is 2.18. The quantitative estimate of drug-likeness (QED) is 0.504. The molecule has 0 unspecified atom stereocenters. The highest BCUT2D eigenvalue weighted by Gasteiger charge is 2.25. The van der Waals surface area contributed by atoms with E-state index in [2.05, 4.69) is 20.6 Å². The van der Waals surface area contributed by atoms with Crippen molar-refractivity contribution < 1.29 is 9.72 Å². The van der Waals surface area contributed by atoms with Gasteiger partial charge in [-0.3, -0.25) is 29.0 Å². The molecule has 1 amide bonds. The number of anilines is 1. The summed E-state index contributed by atoms with van der Waals surface area (Å²) in [6.07, 6.45) is 8.03. The summed E-state index contributed by atoms with van der Waals surface area (Å²) in [6.45, 7) is 5.49. The zero-order valence-corrected chi connectivity index (χ0v) is 14.4. The van der Waals surface area contributed by atoms with E-state index in [1.54, 1.807) is 24.0 Å². The molecule has 26 heavy (non-hydrogen) atoms. The van der Waals surface area contributed by atoms with Crippen LogP contribution in [0.3, 0.4) is 0 Å². The molecule has 0 aliphatic heterocycles. The third kappa shape index (κ3) is 3.61. The predicted molar refractivity (Wildman–Crippen MR) is 91.7 cm³/mol. The molecule has 0 atom stereocenters. The van der Waals surface area contributed by atoms with E-state index in [0.29, 0.717) is 18.8 Å². The van der Waals surface area contributed by atoms with Gasteiger partial charge < -0.3 is 5.32 Å². The van der Waals surface area contributed by atoms with Crippen molar-refractivity contribution in [3.05, 3.63) is 52.4 Å². The Morgan fingerprint density at radius 1 is 1.12 bits per heavy atom. The molecule has 3 aromatic heterocycles. The van der Waals surface area contributed by atoms with E-state index in [1.165, 1.54) is 17.1 Å². The molecule has 0 saturated heterocycles. The molecule has 0 aromatic carbocycles. The van der Waals surface area contributed by atoms with Crippen LogP contribution in [0, 0.1) is 10.1 Å². The Bertz CT molecular complexity index is 938. The van der Waals surface area contributed by atoms with Crippen LogP contribution in [0.25, 0.3) is 0 Å². The van der Waals surface area contributed by atoms with Gasteiger partial charge in [-0.15, -0.1) is 0 Å². The van der Waals surface area contributed by atoms with Gasteiger partial charge >= 0.3 is 5.69 Å². The Morgan fingerprint density at radius 2 is 1.85 bits per heavy atom. The lowest BCUT2D eigenvalue weighted by atomic mass is 10.3. The molecule has 0 fully saturated rings. The summed E-state index contributed by atoms with van der Waals surface area (Å²) >= 11 is 0. The SMILES string of the molecule is CCn1cc(Cn2cc(NC(=O)c3nn(CC)cc3[N+](=O)[O-])cn2)cn1. The first kappa shape index (κ1) is 17.3. The lowest BCUT2D eigenvalue weighted by Crippen LogP contribution is -2.14. The van der Waals surface area contributed by atoms with Crippen LogP contribution in [0.1, 0.15) is 29.9 Å². The van der Waals surface area contributed by atoms with Gasteiger partial charge in [0.25, 0.3) is 5.91 Å². The van der Waals surface area contributed by atoms with Crippen molar-refractivity contribution in [3.63, 3.8) is 0 Å². The third-order valence-corrected chi connectivity index (χ3v) is 3.72. The van der Waals surface area contributed by atoms with Gasteiger partial charge in [-0.1, -0.05) is 0 Å². The molecule has 3 heterocycles. The first-order valence-corrected chi connectivity index (χ1v) is 8.07. The maximum atomic E-state index is 12.3. The van der Waals surface area contributed by atoms with Crippen molar-refractivity contribution in [3.8, 4) is 0 Å². The van der Waals surface area contributed by atoms with E-state index in [1.807, 2.05) is 17.8 Å². The number of aryl methyl sites for hydroxylation is 2. The van der Waals surface area contributed by atoms with E-state index in [9.17, 15) is 14.9 Å². The zero-order valence-electron chi connectivity index (χ0n) is 14.4. The minimum Gasteiger partial charge on any atom is -0.318 e. The summed E-state index contributed by atoms with van der Waals surface area (Å²) in [6, 6.07) is 0. The molecule has 0 aliphatic rings. The van der Waals surface area contributed by atoms with Crippen molar-refractivity contribution >= 4 is 17.3 Å². The van der Waals surface area contributed by atoms with Crippen molar-refractivity contribution in [2.45, 2.75) is 33.5 Å². The second-order valence-electron chi connectivity index (χ2n) is 5.56. The number of aromatic nitrogens is 6. The predicted octanol–water partition coefficient (Wildman–Crippen LogP) is 1.52. The molecule has 11 heteroatoms. The minimum atomic E-state index is -0.651. The standard InChI is InChI=1S/C15H18N8O3/c1-3-20-7-11(5-16-20)8-22-9-12(6-17-22)18-15(24)14-13(23(25)26)10-21(4-2)19-14/h5-7,9-10H,3-4,8H2,1-2H3,(H,18,24). The third-order valence-electron chi connectivity index (χ3n) is 3.72. The number of nitro groups is 1. The van der Waals surface area contributed by atoms with Crippen molar-refractivity contribution in [2.24, 2.45) is 0 Å². The van der Waals surface area contributed by atoms with Gasteiger partial charge in [-0.05, 0) is 13.8 Å². The van der Waals surface area contributed by atoms with Crippen LogP contribution in [-0.2, 0) is 19.6 Å². The molecule has 0 saturated carbocycles. The molecule has 0 bridgehead atoms. The Balaban J connectivity index is 1.71. The molecular formula is C15H18N8O3. The molecule has 0 spiro atoms. The molecule has 11 nitrogen and oxygen atoms in total. The second kappa shape index (κ2) is 7.17. The molecule has 1 N–H and O–H groups in total. The van der Waals surface area contributed by atoms with Crippen molar-refractivity contribution in [2.75, 3.05) is 5.32 Å². The molecular weight excluding hydrogens is 340 g/mol. The van der Waals surface area contributed by atoms with E-state index >= 15 is 0 Å². The lowest BCUT2D eigenvalue weighted by molar-refractivity contribution is -0.385. The van der Waals surface area contributed by atoms with Crippen LogP contribution in [0.15, 0.2) is 31.0 Å². The maximum absolute atomic E-state index is 12.3. The number of carbonyl (C=O) groups is 1. The molecule has 3 aromatic rings. The topological polar surface area (TPSA) is 126 Å². The molecule has 0 aliphatic carbocycles. The monoisotopic (exact) mass is 358 g/mol. The van der Waals surface area contributed by atoms with Crippen LogP contribution in [0.2, 0.25) is 0 Å². The lowest BCUT2D eigenvalue weighted by Gasteiger charge is -2.00. The summed E-state index contributed by atoms with van der Waals surface area (Å²) in [5, 5.41) is 26.0. The Morgan fingerprint density at radius 3 is 2.50 bits per heavy atom. The van der Waals surface area contributed by atoms with Crippen molar-refractivity contribution in [1.82, 2.24) is 29.3 Å². The van der Waals surface area contributed by atoms with E-state index in [-0.39, 0.29) is 11.4 Å². The fourth-order valence-corrected chi connectivity index (χ4v) is 2.42. The number of carbonyl (C=O) groups excluding carboxylic acids is 1. The number of nitrogens with one attached hydrogen (secondary N) is 1. The molecule has 0 radical (unpaired) electrons. The number of hydrogen-bond acceptors (Lipinski definition) is 6. The van der Waals surface area contributed by atoms with Crippen LogP contribution in [0.4, 0.5) is 11.4 Å². The average molecular weight is 358 g/mol. The second-order valence-corrected chi connectivity index (χ2v) is 5.56. The van der Waals surface area contributed by atoms with Gasteiger partial charge in [-0.25, -0.2) is 0 Å². The summed E-state index contributed by atoms with van der Waals surface area (Å²) in [4.78, 5) is 22.8. The van der Waals surface area contributed by atoms with Gasteiger partial charge in [0.1, 0.15) is 6.20 Å². The molecule has 136 valence electrons. The average Bonchev–Trinajstić information content (AvgIpc) is 3.34. The Labute approximate surface area is 148 Å². The van der Waals surface area contributed by atoms with Gasteiger partial charge in [0.2, 0.25) is 5.69 Å². The molecule has 3 rings (SSSR count). The summed E-state index contributed by atoms with van der Waals surface area (Å²) in [5.41, 5.74) is 0.848. The van der Waals surface area contributed by atoms with Gasteiger partial charge in [0, 0.05) is 31.0 Å². The summed E-state index contributed by atoms with van der Waals surface area (Å²) in [7, 11) is 0. The smallest absolute Gasteiger partial charge is 0.318 e. The first-order chi connectivity index (χ1) is 12.5. The van der Waals surface area contributed by atoms with Crippen molar-refractivity contribution in [1.29, 1.82) is 0 Å². The van der Waals surface area contributed by atoms with Gasteiger partial charge in [0.15, 0.2) is 0 Å². The van der Waals surface area contributed by atoms with Gasteiger partial charge in [0.05, 0.1) is 29.5 Å². The largest absolute Gasteiger partial charge is 0.320 e. The summed E-state index contributed by atoms with van der Waals surface area (Å²) in [5.74, 6) is -0.651. The Hall–Kier alpha value is -3.50. The highest BCUT2D eigenvalue weighted by molar-refractivity contribution is 6.05. The summed E-state index contributed by atoms with van der Waals surface area (Å²) < 4.78 is 4.80. The minimum absolute atomic E-state index is 0.228. The van der Waals surface area contributed by atoms with Crippen LogP contribution >= 0.6 is 0 Å². The normalized spacial score (nSPS) is 10.8. The highest BCUT2D eigenvalue weighted by atomic mass is 16.6. The van der Waals surface area contributed by atoms with E-state index in [4.69, 9.17) is 0 Å². The fourth-order valence-electron chi connectivity index (χ4n) is 2.42. The number of nitrogens with zero attached hydrogens (tertiary/aromatic N) is 7. The zero-order chi connectivity index (χ0) is 18.7. The Kier molecular flexibility index (Phi) is 4.78. The first-order valence-electron chi connectivity index (χ1n) is 8.07. The van der Waals surface area contributed by atoms with Crippen LogP contribution < -0.4 is 5.32 Å². The van der Waals surface area contributed by atoms with Gasteiger partial charge in [-0.2, -0.15) is 15.3 Å². The fraction of sp³-hybridized carbons (Fsp3) is 0.333. The maximum Gasteiger partial charge on any atom is 0.320 e. The van der Waals surface area contributed by atoms with Crippen LogP contribution in [0.5, 0.6) is 0 Å². The van der Waals surface area contributed by atoms with E-state index < -0.39 is 10.8 Å².